The highest BCUT2D eigenvalue weighted by Crippen LogP contribution is 2.37. The van der Waals surface area contributed by atoms with Gasteiger partial charge < -0.3 is 9.47 Å². The number of methoxy groups -OCH3 is 2. The Morgan fingerprint density at radius 1 is 1.20 bits per heavy atom. The molecule has 3 rings (SSSR count). The molecule has 0 aliphatic heterocycles. The second-order valence-electron chi connectivity index (χ2n) is 5.05. The molecule has 0 saturated heterocycles. The normalized spacial score (nSPS) is 11.0. The highest BCUT2D eigenvalue weighted by Gasteiger charge is 2.17. The van der Waals surface area contributed by atoms with E-state index in [4.69, 9.17) is 21.1 Å². The molecule has 0 radical (unpaired) electrons. The minimum Gasteiger partial charge on any atom is -0.497 e. The third-order valence-corrected chi connectivity index (χ3v) is 5.21. The van der Waals surface area contributed by atoms with Gasteiger partial charge in [-0.15, -0.1) is 11.3 Å². The van der Waals surface area contributed by atoms with E-state index in [0.29, 0.717) is 21.4 Å². The van der Waals surface area contributed by atoms with Gasteiger partial charge in [-0.1, -0.05) is 23.7 Å². The zero-order chi connectivity index (χ0) is 17.8. The summed E-state index contributed by atoms with van der Waals surface area (Å²) in [5, 5.41) is 5.21. The van der Waals surface area contributed by atoms with Crippen molar-refractivity contribution < 1.29 is 14.3 Å². The lowest BCUT2D eigenvalue weighted by molar-refractivity contribution is 0.0959. The summed E-state index contributed by atoms with van der Waals surface area (Å²) in [6, 6.07) is 12.9. The standard InChI is InChI=1S/C18H15ClN2O3S/c1-23-12-7-8-13-15(9-12)25-17(16(13)19)18(22)21-20-10-11-5-3-4-6-14(11)24-2/h3-10H,1-2H3,(H,21,22). The third kappa shape index (κ3) is 3.60. The molecule has 25 heavy (non-hydrogen) atoms. The predicted molar refractivity (Wildman–Crippen MR) is 101 cm³/mol. The number of nitrogens with one attached hydrogen (secondary N) is 1. The zero-order valence-corrected chi connectivity index (χ0v) is 15.1. The molecule has 0 spiro atoms. The van der Waals surface area contributed by atoms with E-state index in [0.717, 1.165) is 15.6 Å². The molecule has 1 N–H and O–H groups in total. The molecule has 2 aromatic carbocycles. The predicted octanol–water partition coefficient (Wildman–Crippen LogP) is 4.34. The van der Waals surface area contributed by atoms with E-state index in [9.17, 15) is 4.79 Å². The van der Waals surface area contributed by atoms with Crippen molar-refractivity contribution in [1.29, 1.82) is 0 Å². The molecule has 3 aromatic rings. The molecule has 0 atom stereocenters. The number of hydrogen-bond acceptors (Lipinski definition) is 5. The van der Waals surface area contributed by atoms with Gasteiger partial charge in [-0.05, 0) is 30.3 Å². The van der Waals surface area contributed by atoms with Gasteiger partial charge in [0, 0.05) is 15.6 Å². The Balaban J connectivity index is 1.80. The number of carbonyl (C=O) groups excluding carboxylic acids is 1. The van der Waals surface area contributed by atoms with E-state index in [-0.39, 0.29) is 5.91 Å². The Bertz CT molecular complexity index is 953. The van der Waals surface area contributed by atoms with Crippen LogP contribution in [0.15, 0.2) is 47.6 Å². The minimum absolute atomic E-state index is 0.365. The van der Waals surface area contributed by atoms with E-state index in [1.807, 2.05) is 42.5 Å². The summed E-state index contributed by atoms with van der Waals surface area (Å²) < 4.78 is 11.3. The highest BCUT2D eigenvalue weighted by molar-refractivity contribution is 7.21. The maximum atomic E-state index is 12.4. The zero-order valence-electron chi connectivity index (χ0n) is 13.6. The van der Waals surface area contributed by atoms with Crippen LogP contribution >= 0.6 is 22.9 Å². The van der Waals surface area contributed by atoms with Crippen LogP contribution in [0.3, 0.4) is 0 Å². The molecule has 0 aliphatic rings. The summed E-state index contributed by atoms with van der Waals surface area (Å²) in [5.74, 6) is 1.02. The monoisotopic (exact) mass is 374 g/mol. The van der Waals surface area contributed by atoms with Gasteiger partial charge in [0.1, 0.15) is 16.4 Å². The average Bonchev–Trinajstić information content (AvgIpc) is 2.98. The number of thiophene rings is 1. The van der Waals surface area contributed by atoms with Crippen LogP contribution in [0.5, 0.6) is 11.5 Å². The molecule has 0 aliphatic carbocycles. The summed E-state index contributed by atoms with van der Waals surface area (Å²) >= 11 is 7.62. The van der Waals surface area contributed by atoms with Crippen molar-refractivity contribution in [2.45, 2.75) is 0 Å². The maximum Gasteiger partial charge on any atom is 0.283 e. The Labute approximate surface area is 153 Å². The van der Waals surface area contributed by atoms with Crippen LogP contribution in [0.1, 0.15) is 15.2 Å². The largest absolute Gasteiger partial charge is 0.497 e. The molecule has 1 amide bonds. The van der Waals surface area contributed by atoms with Crippen LogP contribution in [0.25, 0.3) is 10.1 Å². The number of ether oxygens (including phenoxy) is 2. The van der Waals surface area contributed by atoms with Crippen molar-refractivity contribution >= 4 is 45.1 Å². The Morgan fingerprint density at radius 3 is 2.76 bits per heavy atom. The number of rotatable bonds is 5. The molecule has 1 aromatic heterocycles. The molecule has 0 saturated carbocycles. The number of para-hydroxylation sites is 1. The quantitative estimate of drug-likeness (QED) is 0.534. The van der Waals surface area contributed by atoms with Gasteiger partial charge in [0.25, 0.3) is 5.91 Å². The fourth-order valence-corrected chi connectivity index (χ4v) is 3.74. The maximum absolute atomic E-state index is 12.4. The van der Waals surface area contributed by atoms with Crippen LogP contribution in [-0.2, 0) is 0 Å². The molecule has 1 heterocycles. The lowest BCUT2D eigenvalue weighted by atomic mass is 10.2. The fourth-order valence-electron chi connectivity index (χ4n) is 2.30. The van der Waals surface area contributed by atoms with Gasteiger partial charge in [0.15, 0.2) is 0 Å². The van der Waals surface area contributed by atoms with Crippen LogP contribution in [0, 0.1) is 0 Å². The van der Waals surface area contributed by atoms with Crippen LogP contribution in [0.2, 0.25) is 5.02 Å². The molecule has 5 nitrogen and oxygen atoms in total. The van der Waals surface area contributed by atoms with Crippen molar-refractivity contribution in [3.05, 3.63) is 57.9 Å². The van der Waals surface area contributed by atoms with E-state index in [2.05, 4.69) is 10.5 Å². The van der Waals surface area contributed by atoms with E-state index in [1.54, 1.807) is 14.2 Å². The van der Waals surface area contributed by atoms with Crippen molar-refractivity contribution in [3.63, 3.8) is 0 Å². The lowest BCUT2D eigenvalue weighted by Gasteiger charge is -2.03. The van der Waals surface area contributed by atoms with Crippen molar-refractivity contribution in [2.24, 2.45) is 5.10 Å². The topological polar surface area (TPSA) is 59.9 Å². The van der Waals surface area contributed by atoms with Gasteiger partial charge in [0.05, 0.1) is 25.5 Å². The first-order chi connectivity index (χ1) is 12.1. The SMILES string of the molecule is COc1ccc2c(Cl)c(C(=O)NN=Cc3ccccc3OC)sc2c1. The van der Waals surface area contributed by atoms with Crippen molar-refractivity contribution in [1.82, 2.24) is 5.43 Å². The summed E-state index contributed by atoms with van der Waals surface area (Å²) in [5.41, 5.74) is 3.26. The van der Waals surface area contributed by atoms with Gasteiger partial charge in [-0.25, -0.2) is 5.43 Å². The second-order valence-corrected chi connectivity index (χ2v) is 6.48. The second kappa shape index (κ2) is 7.55. The van der Waals surface area contributed by atoms with E-state index >= 15 is 0 Å². The molecule has 7 heteroatoms. The summed E-state index contributed by atoms with van der Waals surface area (Å²) in [4.78, 5) is 12.8. The molecule has 0 fully saturated rings. The highest BCUT2D eigenvalue weighted by atomic mass is 35.5. The smallest absolute Gasteiger partial charge is 0.283 e. The number of fused-ring (bicyclic) bond motifs is 1. The number of nitrogens with zero attached hydrogens (tertiary/aromatic N) is 1. The van der Waals surface area contributed by atoms with E-state index in [1.165, 1.54) is 17.6 Å². The van der Waals surface area contributed by atoms with Crippen LogP contribution in [-0.4, -0.2) is 26.3 Å². The first-order valence-corrected chi connectivity index (χ1v) is 8.56. The first-order valence-electron chi connectivity index (χ1n) is 7.36. The molecular formula is C18H15ClN2O3S. The Hall–Kier alpha value is -2.57. The van der Waals surface area contributed by atoms with Crippen LogP contribution in [0.4, 0.5) is 0 Å². The number of benzene rings is 2. The third-order valence-electron chi connectivity index (χ3n) is 3.55. The first kappa shape index (κ1) is 17.3. The molecule has 0 unspecified atom stereocenters. The summed E-state index contributed by atoms with van der Waals surface area (Å²) in [6.45, 7) is 0. The number of carbonyl (C=O) groups is 1. The number of halogens is 1. The van der Waals surface area contributed by atoms with E-state index < -0.39 is 0 Å². The number of hydrogen-bond donors (Lipinski definition) is 1. The Morgan fingerprint density at radius 2 is 2.00 bits per heavy atom. The van der Waals surface area contributed by atoms with Crippen molar-refractivity contribution in [3.8, 4) is 11.5 Å². The number of amides is 1. The fraction of sp³-hybridized carbons (Fsp3) is 0.111. The summed E-state index contributed by atoms with van der Waals surface area (Å²) in [6.07, 6.45) is 1.53. The van der Waals surface area contributed by atoms with Crippen molar-refractivity contribution in [2.75, 3.05) is 14.2 Å². The van der Waals surface area contributed by atoms with Crippen LogP contribution < -0.4 is 14.9 Å². The Kier molecular flexibility index (Phi) is 5.21. The number of hydrazone groups is 1. The lowest BCUT2D eigenvalue weighted by Crippen LogP contribution is -2.16. The molecule has 0 bridgehead atoms. The van der Waals surface area contributed by atoms with Gasteiger partial charge in [-0.3, -0.25) is 4.79 Å². The molecule has 128 valence electrons. The van der Waals surface area contributed by atoms with Gasteiger partial charge >= 0.3 is 0 Å². The van der Waals surface area contributed by atoms with Gasteiger partial charge in [0.2, 0.25) is 0 Å². The van der Waals surface area contributed by atoms with Gasteiger partial charge in [-0.2, -0.15) is 5.10 Å². The average molecular weight is 375 g/mol. The summed E-state index contributed by atoms with van der Waals surface area (Å²) in [7, 11) is 3.17. The molecular weight excluding hydrogens is 360 g/mol. The minimum atomic E-state index is -0.365.